The number of halogens is 1. The molecule has 0 unspecified atom stereocenters. The molecule has 0 atom stereocenters. The number of benzene rings is 1. The van der Waals surface area contributed by atoms with Crippen molar-refractivity contribution in [3.63, 3.8) is 0 Å². The van der Waals surface area contributed by atoms with E-state index in [1.54, 1.807) is 18.2 Å². The van der Waals surface area contributed by atoms with Gasteiger partial charge in [0.15, 0.2) is 9.84 Å². The Morgan fingerprint density at radius 2 is 2.00 bits per heavy atom. The molecular weight excluding hydrogens is 272 g/mol. The summed E-state index contributed by atoms with van der Waals surface area (Å²) in [6.45, 7) is 3.75. The Kier molecular flexibility index (Phi) is 3.47. The van der Waals surface area contributed by atoms with Crippen molar-refractivity contribution >= 4 is 21.4 Å². The summed E-state index contributed by atoms with van der Waals surface area (Å²) in [7, 11) is -3.26. The molecule has 0 spiro atoms. The van der Waals surface area contributed by atoms with Crippen molar-refractivity contribution in [2.45, 2.75) is 42.2 Å². The van der Waals surface area contributed by atoms with Crippen LogP contribution in [0.5, 0.6) is 0 Å². The lowest BCUT2D eigenvalue weighted by molar-refractivity contribution is 0.218. The molecule has 5 heteroatoms. The summed E-state index contributed by atoms with van der Waals surface area (Å²) in [5.74, 6) is 0. The standard InChI is InChI=1S/C13H17ClO3S/c1-13(2,8-15)9-3-6-12(11(14)7-9)18(16,17)10-4-5-10/h3,6-7,10,15H,4-5,8H2,1-2H3. The fraction of sp³-hybridized carbons (Fsp3) is 0.538. The third kappa shape index (κ3) is 2.42. The molecule has 0 aromatic heterocycles. The number of hydrogen-bond acceptors (Lipinski definition) is 3. The zero-order valence-electron chi connectivity index (χ0n) is 10.5. The van der Waals surface area contributed by atoms with Gasteiger partial charge in [0.1, 0.15) is 0 Å². The summed E-state index contributed by atoms with van der Waals surface area (Å²) >= 11 is 6.09. The van der Waals surface area contributed by atoms with Crippen molar-refractivity contribution in [3.05, 3.63) is 28.8 Å². The van der Waals surface area contributed by atoms with Crippen molar-refractivity contribution in [3.8, 4) is 0 Å². The maximum Gasteiger partial charge on any atom is 0.182 e. The van der Waals surface area contributed by atoms with Crippen LogP contribution in [-0.2, 0) is 15.3 Å². The fourth-order valence-corrected chi connectivity index (χ4v) is 4.01. The van der Waals surface area contributed by atoms with E-state index in [0.29, 0.717) is 0 Å². The molecule has 1 aromatic rings. The van der Waals surface area contributed by atoms with Crippen LogP contribution >= 0.6 is 11.6 Å². The molecule has 18 heavy (non-hydrogen) atoms. The summed E-state index contributed by atoms with van der Waals surface area (Å²) in [5.41, 5.74) is 0.413. The molecule has 2 rings (SSSR count). The maximum absolute atomic E-state index is 12.1. The summed E-state index contributed by atoms with van der Waals surface area (Å²) in [6, 6.07) is 4.94. The molecular formula is C13H17ClO3S. The molecule has 0 saturated heterocycles. The van der Waals surface area contributed by atoms with Gasteiger partial charge in [-0.2, -0.15) is 0 Å². The molecule has 1 saturated carbocycles. The van der Waals surface area contributed by atoms with Crippen LogP contribution in [0.2, 0.25) is 5.02 Å². The number of aliphatic hydroxyl groups excluding tert-OH is 1. The van der Waals surface area contributed by atoms with Gasteiger partial charge < -0.3 is 5.11 Å². The van der Waals surface area contributed by atoms with E-state index >= 15 is 0 Å². The minimum atomic E-state index is -3.26. The van der Waals surface area contributed by atoms with E-state index in [2.05, 4.69) is 0 Å². The summed E-state index contributed by atoms with van der Waals surface area (Å²) in [4.78, 5) is 0.212. The van der Waals surface area contributed by atoms with E-state index in [9.17, 15) is 13.5 Å². The number of aliphatic hydroxyl groups is 1. The first kappa shape index (κ1) is 13.8. The Morgan fingerprint density at radius 3 is 2.44 bits per heavy atom. The summed E-state index contributed by atoms with van der Waals surface area (Å²) < 4.78 is 24.2. The molecule has 1 N–H and O–H groups in total. The highest BCUT2D eigenvalue weighted by atomic mass is 35.5. The van der Waals surface area contributed by atoms with Gasteiger partial charge in [-0.1, -0.05) is 31.5 Å². The van der Waals surface area contributed by atoms with Crippen LogP contribution < -0.4 is 0 Å². The van der Waals surface area contributed by atoms with Crippen molar-refractivity contribution in [2.75, 3.05) is 6.61 Å². The van der Waals surface area contributed by atoms with Gasteiger partial charge in [-0.3, -0.25) is 0 Å². The van der Waals surface area contributed by atoms with E-state index in [1.165, 1.54) is 0 Å². The molecule has 0 amide bonds. The third-order valence-electron chi connectivity index (χ3n) is 3.38. The molecule has 0 heterocycles. The quantitative estimate of drug-likeness (QED) is 0.926. The van der Waals surface area contributed by atoms with Crippen molar-refractivity contribution in [2.24, 2.45) is 0 Å². The highest BCUT2D eigenvalue weighted by molar-refractivity contribution is 7.92. The van der Waals surface area contributed by atoms with E-state index in [-0.39, 0.29) is 21.8 Å². The predicted octanol–water partition coefficient (Wildman–Crippen LogP) is 2.55. The number of rotatable bonds is 4. The minimum Gasteiger partial charge on any atom is -0.395 e. The van der Waals surface area contributed by atoms with Crippen molar-refractivity contribution in [1.29, 1.82) is 0 Å². The van der Waals surface area contributed by atoms with Crippen LogP contribution in [0.15, 0.2) is 23.1 Å². The zero-order chi connectivity index (χ0) is 13.6. The van der Waals surface area contributed by atoms with Gasteiger partial charge >= 0.3 is 0 Å². The second-order valence-electron chi connectivity index (χ2n) is 5.43. The Hall–Kier alpha value is -0.580. The second kappa shape index (κ2) is 4.51. The Bertz CT molecular complexity index is 560. The minimum absolute atomic E-state index is 0.0158. The largest absolute Gasteiger partial charge is 0.395 e. The highest BCUT2D eigenvalue weighted by Gasteiger charge is 2.38. The maximum atomic E-state index is 12.1. The molecule has 1 aliphatic rings. The van der Waals surface area contributed by atoms with Crippen LogP contribution in [0.3, 0.4) is 0 Å². The second-order valence-corrected chi connectivity index (χ2v) is 8.04. The number of hydrogen-bond donors (Lipinski definition) is 1. The molecule has 1 aliphatic carbocycles. The van der Waals surface area contributed by atoms with Gasteiger partial charge in [-0.15, -0.1) is 0 Å². The molecule has 0 radical (unpaired) electrons. The fourth-order valence-electron chi connectivity index (χ4n) is 1.80. The molecule has 0 bridgehead atoms. The van der Waals surface area contributed by atoms with Gasteiger partial charge in [0.25, 0.3) is 0 Å². The average Bonchev–Trinajstić information content (AvgIpc) is 3.12. The smallest absolute Gasteiger partial charge is 0.182 e. The van der Waals surface area contributed by atoms with Gasteiger partial charge in [0.05, 0.1) is 21.8 Å². The zero-order valence-corrected chi connectivity index (χ0v) is 12.1. The Morgan fingerprint density at radius 1 is 1.39 bits per heavy atom. The van der Waals surface area contributed by atoms with Gasteiger partial charge in [0.2, 0.25) is 0 Å². The average molecular weight is 289 g/mol. The van der Waals surface area contributed by atoms with Gasteiger partial charge in [-0.25, -0.2) is 8.42 Å². The summed E-state index contributed by atoms with van der Waals surface area (Å²) in [6.07, 6.45) is 1.45. The molecule has 0 aliphatic heterocycles. The van der Waals surface area contributed by atoms with Crippen molar-refractivity contribution in [1.82, 2.24) is 0 Å². The Labute approximate surface area is 113 Å². The Balaban J connectivity index is 2.43. The van der Waals surface area contributed by atoms with Gasteiger partial charge in [-0.05, 0) is 30.5 Å². The SMILES string of the molecule is CC(C)(CO)c1ccc(S(=O)(=O)C2CC2)c(Cl)c1. The molecule has 1 fully saturated rings. The molecule has 3 nitrogen and oxygen atoms in total. The topological polar surface area (TPSA) is 54.4 Å². The normalized spacial score (nSPS) is 16.9. The third-order valence-corrected chi connectivity index (χ3v) is 6.12. The van der Waals surface area contributed by atoms with Crippen LogP contribution in [0, 0.1) is 0 Å². The molecule has 100 valence electrons. The summed E-state index contributed by atoms with van der Waals surface area (Å²) in [5, 5.41) is 9.30. The lowest BCUT2D eigenvalue weighted by atomic mass is 9.86. The first-order valence-electron chi connectivity index (χ1n) is 5.94. The lowest BCUT2D eigenvalue weighted by Crippen LogP contribution is -2.22. The van der Waals surface area contributed by atoms with Crippen LogP contribution in [0.4, 0.5) is 0 Å². The molecule has 1 aromatic carbocycles. The predicted molar refractivity (Wildman–Crippen MR) is 71.8 cm³/mol. The van der Waals surface area contributed by atoms with E-state index in [4.69, 9.17) is 11.6 Å². The van der Waals surface area contributed by atoms with Crippen LogP contribution in [-0.4, -0.2) is 25.4 Å². The van der Waals surface area contributed by atoms with Crippen molar-refractivity contribution < 1.29 is 13.5 Å². The number of sulfone groups is 1. The van der Waals surface area contributed by atoms with E-state index in [0.717, 1.165) is 18.4 Å². The highest BCUT2D eigenvalue weighted by Crippen LogP contribution is 2.37. The van der Waals surface area contributed by atoms with Crippen LogP contribution in [0.1, 0.15) is 32.3 Å². The lowest BCUT2D eigenvalue weighted by Gasteiger charge is -2.23. The first-order valence-corrected chi connectivity index (χ1v) is 7.86. The van der Waals surface area contributed by atoms with Gasteiger partial charge in [0, 0.05) is 5.41 Å². The first-order chi connectivity index (χ1) is 8.29. The van der Waals surface area contributed by atoms with E-state index < -0.39 is 15.3 Å². The van der Waals surface area contributed by atoms with E-state index in [1.807, 2.05) is 13.8 Å². The monoisotopic (exact) mass is 288 g/mol. The van der Waals surface area contributed by atoms with Crippen LogP contribution in [0.25, 0.3) is 0 Å².